The summed E-state index contributed by atoms with van der Waals surface area (Å²) in [5.74, 6) is 0.858. The Morgan fingerprint density at radius 2 is 2.05 bits per heavy atom. The van der Waals surface area contributed by atoms with E-state index in [1.54, 1.807) is 0 Å². The van der Waals surface area contributed by atoms with Crippen LogP contribution in [0.4, 0.5) is 0 Å². The molecule has 0 radical (unpaired) electrons. The lowest BCUT2D eigenvalue weighted by atomic mass is 9.85. The Labute approximate surface area is 120 Å². The molecular weight excluding hydrogens is 232 g/mol. The van der Waals surface area contributed by atoms with Crippen molar-refractivity contribution >= 4 is 0 Å². The Kier molecular flexibility index (Phi) is 5.30. The highest BCUT2D eigenvalue weighted by atomic mass is 15.1. The zero-order chi connectivity index (χ0) is 13.9. The Balaban J connectivity index is 1.83. The van der Waals surface area contributed by atoms with Crippen molar-refractivity contribution in [3.63, 3.8) is 0 Å². The van der Waals surface area contributed by atoms with Crippen LogP contribution < -0.4 is 5.32 Å². The fourth-order valence-corrected chi connectivity index (χ4v) is 4.11. The lowest BCUT2D eigenvalue weighted by molar-refractivity contribution is 0.137. The van der Waals surface area contributed by atoms with Gasteiger partial charge in [-0.25, -0.2) is 0 Å². The minimum absolute atomic E-state index is 0.506. The topological polar surface area (TPSA) is 15.3 Å². The maximum atomic E-state index is 3.97. The van der Waals surface area contributed by atoms with E-state index in [4.69, 9.17) is 0 Å². The van der Waals surface area contributed by atoms with Gasteiger partial charge in [-0.15, -0.1) is 0 Å². The summed E-state index contributed by atoms with van der Waals surface area (Å²) in [4.78, 5) is 2.67. The van der Waals surface area contributed by atoms with Crippen molar-refractivity contribution in [2.75, 3.05) is 19.6 Å². The second-order valence-corrected chi connectivity index (χ2v) is 7.59. The molecule has 0 aromatic rings. The smallest absolute Gasteiger partial charge is 0.0121 e. The molecule has 2 heteroatoms. The molecule has 0 aromatic carbocycles. The zero-order valence-electron chi connectivity index (χ0n) is 13.5. The summed E-state index contributed by atoms with van der Waals surface area (Å²) in [6, 6.07) is 1.42. The molecular formula is C17H34N2. The number of piperidine rings is 1. The Hall–Kier alpha value is -0.0800. The molecule has 1 aliphatic carbocycles. The van der Waals surface area contributed by atoms with Crippen molar-refractivity contribution in [2.24, 2.45) is 11.3 Å². The van der Waals surface area contributed by atoms with Gasteiger partial charge in [0.25, 0.3) is 0 Å². The van der Waals surface area contributed by atoms with Gasteiger partial charge in [-0.3, -0.25) is 0 Å². The molecule has 0 spiro atoms. The molecule has 2 fully saturated rings. The molecule has 1 saturated carbocycles. The van der Waals surface area contributed by atoms with Crippen molar-refractivity contribution in [1.29, 1.82) is 0 Å². The fourth-order valence-electron chi connectivity index (χ4n) is 4.11. The molecule has 0 aromatic heterocycles. The van der Waals surface area contributed by atoms with Gasteiger partial charge in [0.2, 0.25) is 0 Å². The molecule has 3 unspecified atom stereocenters. The van der Waals surface area contributed by atoms with Gasteiger partial charge in [0.05, 0.1) is 0 Å². The highest BCUT2D eigenvalue weighted by molar-refractivity contribution is 4.93. The number of hydrogen-bond donors (Lipinski definition) is 1. The summed E-state index contributed by atoms with van der Waals surface area (Å²) in [6.45, 7) is 13.5. The zero-order valence-corrected chi connectivity index (χ0v) is 13.5. The van der Waals surface area contributed by atoms with Gasteiger partial charge in [-0.05, 0) is 63.5 Å². The largest absolute Gasteiger partial charge is 0.311 e. The van der Waals surface area contributed by atoms with Gasteiger partial charge in [-0.1, -0.05) is 27.2 Å². The maximum absolute atomic E-state index is 3.97. The molecule has 1 saturated heterocycles. The Morgan fingerprint density at radius 3 is 2.68 bits per heavy atom. The van der Waals surface area contributed by atoms with Crippen LogP contribution in [0.25, 0.3) is 0 Å². The minimum Gasteiger partial charge on any atom is -0.311 e. The van der Waals surface area contributed by atoms with Crippen LogP contribution in [0.5, 0.6) is 0 Å². The highest BCUT2D eigenvalue weighted by Crippen LogP contribution is 2.38. The van der Waals surface area contributed by atoms with E-state index in [9.17, 15) is 0 Å². The Bertz CT molecular complexity index is 272. The average molecular weight is 266 g/mol. The summed E-state index contributed by atoms with van der Waals surface area (Å²) in [6.07, 6.45) is 8.28. The molecule has 1 aliphatic heterocycles. The van der Waals surface area contributed by atoms with Crippen molar-refractivity contribution in [3.05, 3.63) is 0 Å². The minimum atomic E-state index is 0.506. The predicted octanol–water partition coefficient (Wildman–Crippen LogP) is 3.67. The van der Waals surface area contributed by atoms with Crippen LogP contribution in [-0.2, 0) is 0 Å². The van der Waals surface area contributed by atoms with E-state index in [1.807, 2.05) is 0 Å². The summed E-state index contributed by atoms with van der Waals surface area (Å²) in [7, 11) is 0. The van der Waals surface area contributed by atoms with E-state index in [-0.39, 0.29) is 0 Å². The molecule has 0 bridgehead atoms. The third-order valence-corrected chi connectivity index (χ3v) is 5.51. The van der Waals surface area contributed by atoms with Crippen molar-refractivity contribution in [1.82, 2.24) is 10.2 Å². The fraction of sp³-hybridized carbons (Fsp3) is 1.00. The third kappa shape index (κ3) is 3.95. The van der Waals surface area contributed by atoms with Crippen molar-refractivity contribution in [3.8, 4) is 0 Å². The normalized spacial score (nSPS) is 33.5. The first-order valence-electron chi connectivity index (χ1n) is 8.51. The standard InChI is InChI=1S/C17H34N2/c1-5-11-19-12-7-8-15(13-19)14(2)18-16-9-6-10-17(16,3)4/h14-16,18H,5-13H2,1-4H3. The van der Waals surface area contributed by atoms with E-state index in [1.165, 1.54) is 58.2 Å². The van der Waals surface area contributed by atoms with Crippen LogP contribution in [0.3, 0.4) is 0 Å². The molecule has 2 rings (SSSR count). The molecule has 2 nitrogen and oxygen atoms in total. The number of nitrogens with zero attached hydrogens (tertiary/aromatic N) is 1. The molecule has 3 atom stereocenters. The second-order valence-electron chi connectivity index (χ2n) is 7.59. The second kappa shape index (κ2) is 6.58. The lowest BCUT2D eigenvalue weighted by Gasteiger charge is -2.39. The van der Waals surface area contributed by atoms with E-state index in [2.05, 4.69) is 37.9 Å². The predicted molar refractivity (Wildman–Crippen MR) is 83.5 cm³/mol. The van der Waals surface area contributed by atoms with Gasteiger partial charge < -0.3 is 10.2 Å². The van der Waals surface area contributed by atoms with Crippen LogP contribution >= 0.6 is 0 Å². The molecule has 1 N–H and O–H groups in total. The number of rotatable bonds is 5. The van der Waals surface area contributed by atoms with Gasteiger partial charge in [0, 0.05) is 18.6 Å². The number of nitrogens with one attached hydrogen (secondary N) is 1. The van der Waals surface area contributed by atoms with Crippen molar-refractivity contribution in [2.45, 2.75) is 78.3 Å². The van der Waals surface area contributed by atoms with Crippen LogP contribution in [0.15, 0.2) is 0 Å². The summed E-state index contributed by atoms with van der Waals surface area (Å²) in [5, 5.41) is 3.97. The van der Waals surface area contributed by atoms with Crippen molar-refractivity contribution < 1.29 is 0 Å². The molecule has 112 valence electrons. The van der Waals surface area contributed by atoms with Gasteiger partial charge >= 0.3 is 0 Å². The average Bonchev–Trinajstić information content (AvgIpc) is 2.69. The van der Waals surface area contributed by atoms with E-state index in [0.29, 0.717) is 11.5 Å². The highest BCUT2D eigenvalue weighted by Gasteiger charge is 2.36. The van der Waals surface area contributed by atoms with Crippen LogP contribution in [0.1, 0.15) is 66.2 Å². The molecule has 1 heterocycles. The number of likely N-dealkylation sites (tertiary alicyclic amines) is 1. The molecule has 0 amide bonds. The molecule has 2 aliphatic rings. The first kappa shape index (κ1) is 15.3. The van der Waals surface area contributed by atoms with Crippen LogP contribution in [0.2, 0.25) is 0 Å². The maximum Gasteiger partial charge on any atom is 0.0121 e. The molecule has 19 heavy (non-hydrogen) atoms. The van der Waals surface area contributed by atoms with Gasteiger partial charge in [0.15, 0.2) is 0 Å². The van der Waals surface area contributed by atoms with Gasteiger partial charge in [-0.2, -0.15) is 0 Å². The summed E-state index contributed by atoms with van der Waals surface area (Å²) in [5.41, 5.74) is 0.506. The Morgan fingerprint density at radius 1 is 1.26 bits per heavy atom. The summed E-state index contributed by atoms with van der Waals surface area (Å²) >= 11 is 0. The lowest BCUT2D eigenvalue weighted by Crippen LogP contribution is -2.50. The first-order chi connectivity index (χ1) is 9.03. The number of hydrogen-bond acceptors (Lipinski definition) is 2. The van der Waals surface area contributed by atoms with E-state index < -0.39 is 0 Å². The van der Waals surface area contributed by atoms with Crippen LogP contribution in [0, 0.1) is 11.3 Å². The third-order valence-electron chi connectivity index (χ3n) is 5.51. The quantitative estimate of drug-likeness (QED) is 0.817. The van der Waals surface area contributed by atoms with Crippen LogP contribution in [-0.4, -0.2) is 36.6 Å². The van der Waals surface area contributed by atoms with Gasteiger partial charge in [0.1, 0.15) is 0 Å². The SMILES string of the molecule is CCCN1CCCC(C(C)NC2CCCC2(C)C)C1. The monoisotopic (exact) mass is 266 g/mol. The van der Waals surface area contributed by atoms with E-state index in [0.717, 1.165) is 12.0 Å². The summed E-state index contributed by atoms with van der Waals surface area (Å²) < 4.78 is 0. The van der Waals surface area contributed by atoms with E-state index >= 15 is 0 Å². The first-order valence-corrected chi connectivity index (χ1v) is 8.51.